The second kappa shape index (κ2) is 18.1. The van der Waals surface area contributed by atoms with Crippen LogP contribution in [-0.4, -0.2) is 51.4 Å². The highest BCUT2D eigenvalue weighted by molar-refractivity contribution is 14.1. The van der Waals surface area contributed by atoms with E-state index in [1.807, 2.05) is 48.5 Å². The van der Waals surface area contributed by atoms with Gasteiger partial charge in [0.05, 0.1) is 0 Å². The Labute approximate surface area is 259 Å². The van der Waals surface area contributed by atoms with Gasteiger partial charge in [0.25, 0.3) is 0 Å². The van der Waals surface area contributed by atoms with E-state index >= 15 is 0 Å². The highest BCUT2D eigenvalue weighted by atomic mass is 127. The predicted molar refractivity (Wildman–Crippen MR) is 168 cm³/mol. The van der Waals surface area contributed by atoms with E-state index in [1.54, 1.807) is 24.3 Å². The molecule has 3 atom stereocenters. The summed E-state index contributed by atoms with van der Waals surface area (Å²) in [4.78, 5) is 31.3. The minimum absolute atomic E-state index is 0.326. The second-order valence-corrected chi connectivity index (χ2v) is 11.3. The molecule has 0 fully saturated rings. The van der Waals surface area contributed by atoms with Crippen LogP contribution in [0.25, 0.3) is 0 Å². The van der Waals surface area contributed by atoms with Crippen molar-refractivity contribution in [3.05, 3.63) is 102 Å². The smallest absolute Gasteiger partial charge is 0.320 e. The van der Waals surface area contributed by atoms with Crippen LogP contribution in [0.2, 0.25) is 5.02 Å². The number of hydrogen-bond donors (Lipinski definition) is 6. The molecule has 0 saturated carbocycles. The van der Waals surface area contributed by atoms with Crippen LogP contribution in [0.4, 0.5) is 0 Å². The molecule has 0 aliphatic heterocycles. The fourth-order valence-corrected chi connectivity index (χ4v) is 3.73. The quantitative estimate of drug-likeness (QED) is 0.176. The number of carbonyl (C=O) groups is 3. The van der Waals surface area contributed by atoms with Gasteiger partial charge in [-0.15, -0.1) is 0 Å². The molecule has 0 aliphatic carbocycles. The molecule has 3 rings (SSSR count). The van der Waals surface area contributed by atoms with Gasteiger partial charge in [0.1, 0.15) is 18.1 Å². The van der Waals surface area contributed by atoms with Crippen molar-refractivity contribution in [3.63, 3.8) is 0 Å². The van der Waals surface area contributed by atoms with E-state index in [9.17, 15) is 14.4 Å². The molecular formula is C27H30ClI2N3O6. The lowest BCUT2D eigenvalue weighted by Gasteiger charge is -2.05. The van der Waals surface area contributed by atoms with Gasteiger partial charge in [-0.05, 0) is 118 Å². The predicted octanol–water partition coefficient (Wildman–Crippen LogP) is 3.79. The van der Waals surface area contributed by atoms with Crippen molar-refractivity contribution in [2.75, 3.05) is 0 Å². The van der Waals surface area contributed by atoms with Crippen molar-refractivity contribution < 1.29 is 29.7 Å². The zero-order chi connectivity index (χ0) is 29.5. The van der Waals surface area contributed by atoms with Gasteiger partial charge in [0, 0.05) is 12.2 Å². The summed E-state index contributed by atoms with van der Waals surface area (Å²) >= 11 is 10.1. The number of rotatable bonds is 9. The largest absolute Gasteiger partial charge is 0.480 e. The van der Waals surface area contributed by atoms with Crippen LogP contribution in [0.1, 0.15) is 16.7 Å². The number of nitrogens with two attached hydrogens (primary N) is 3. The van der Waals surface area contributed by atoms with E-state index in [4.69, 9.17) is 44.1 Å². The van der Waals surface area contributed by atoms with E-state index in [2.05, 4.69) is 45.2 Å². The highest BCUT2D eigenvalue weighted by Crippen LogP contribution is 2.11. The molecule has 0 saturated heterocycles. The maximum atomic E-state index is 10.4. The van der Waals surface area contributed by atoms with Gasteiger partial charge in [-0.3, -0.25) is 14.4 Å². The molecule has 3 aromatic carbocycles. The van der Waals surface area contributed by atoms with Crippen LogP contribution >= 0.6 is 56.8 Å². The Balaban J connectivity index is 0.000000292. The van der Waals surface area contributed by atoms with E-state index < -0.39 is 36.0 Å². The Kier molecular flexibility index (Phi) is 16.1. The van der Waals surface area contributed by atoms with Gasteiger partial charge in [-0.25, -0.2) is 0 Å². The van der Waals surface area contributed by atoms with Gasteiger partial charge in [0.15, 0.2) is 0 Å². The number of hydrogen-bond acceptors (Lipinski definition) is 6. The molecule has 39 heavy (non-hydrogen) atoms. The van der Waals surface area contributed by atoms with E-state index in [0.717, 1.165) is 23.8 Å². The van der Waals surface area contributed by atoms with Crippen LogP contribution in [0.5, 0.6) is 0 Å². The van der Waals surface area contributed by atoms with Gasteiger partial charge >= 0.3 is 17.9 Å². The molecule has 12 heteroatoms. The summed E-state index contributed by atoms with van der Waals surface area (Å²) in [6.45, 7) is 0. The average molecular weight is 782 g/mol. The normalized spacial score (nSPS) is 12.5. The van der Waals surface area contributed by atoms with Gasteiger partial charge in [-0.2, -0.15) is 0 Å². The topological polar surface area (TPSA) is 190 Å². The maximum Gasteiger partial charge on any atom is 0.320 e. The van der Waals surface area contributed by atoms with Crippen LogP contribution in [0.3, 0.4) is 0 Å². The van der Waals surface area contributed by atoms with Crippen molar-refractivity contribution >= 4 is 74.7 Å². The summed E-state index contributed by atoms with van der Waals surface area (Å²) in [5.74, 6) is -2.91. The van der Waals surface area contributed by atoms with Crippen molar-refractivity contribution in [2.24, 2.45) is 17.2 Å². The molecule has 0 radical (unpaired) electrons. The van der Waals surface area contributed by atoms with Crippen molar-refractivity contribution in [1.29, 1.82) is 0 Å². The lowest BCUT2D eigenvalue weighted by Crippen LogP contribution is -2.32. The number of benzene rings is 3. The molecule has 9 N–H and O–H groups in total. The molecule has 0 bridgehead atoms. The number of carboxylic acids is 3. The van der Waals surface area contributed by atoms with E-state index in [1.165, 1.54) is 0 Å². The van der Waals surface area contributed by atoms with Crippen LogP contribution < -0.4 is 17.2 Å². The minimum Gasteiger partial charge on any atom is -0.480 e. The molecule has 0 spiro atoms. The van der Waals surface area contributed by atoms with Gasteiger partial charge < -0.3 is 32.5 Å². The fourth-order valence-electron chi connectivity index (χ4n) is 2.89. The molecule has 0 unspecified atom stereocenters. The lowest BCUT2D eigenvalue weighted by molar-refractivity contribution is -0.139. The zero-order valence-corrected chi connectivity index (χ0v) is 25.8. The summed E-state index contributed by atoms with van der Waals surface area (Å²) in [5.41, 5.74) is 18.9. The summed E-state index contributed by atoms with van der Waals surface area (Å²) < 4.78 is 2.26. The molecule has 0 amide bonds. The summed E-state index contributed by atoms with van der Waals surface area (Å²) in [7, 11) is 0. The van der Waals surface area contributed by atoms with Crippen molar-refractivity contribution in [2.45, 2.75) is 37.4 Å². The van der Waals surface area contributed by atoms with Crippen LogP contribution in [0.15, 0.2) is 72.8 Å². The Morgan fingerprint density at radius 2 is 0.795 bits per heavy atom. The first kappa shape index (κ1) is 34.7. The first-order valence-corrected chi connectivity index (χ1v) is 14.0. The molecule has 0 aliphatic rings. The van der Waals surface area contributed by atoms with Crippen LogP contribution in [-0.2, 0) is 33.6 Å². The Bertz CT molecular complexity index is 1040. The monoisotopic (exact) mass is 781 g/mol. The minimum atomic E-state index is -0.991. The average Bonchev–Trinajstić information content (AvgIpc) is 2.88. The van der Waals surface area contributed by atoms with E-state index in [0.29, 0.717) is 24.3 Å². The SMILES string of the molecule is N[C@@H](Cc1ccc(Cl)cc1)C(=O)O.N[C@@H](Cc1ccc(I)cc1)C(=O)O.N[C@@H](Cc1ccc(I)cc1)C(=O)O. The van der Waals surface area contributed by atoms with Crippen LogP contribution in [0, 0.1) is 7.14 Å². The Morgan fingerprint density at radius 3 is 1.03 bits per heavy atom. The fraction of sp³-hybridized carbons (Fsp3) is 0.222. The van der Waals surface area contributed by atoms with Gasteiger partial charge in [-0.1, -0.05) is 48.0 Å². The third kappa shape index (κ3) is 15.2. The maximum absolute atomic E-state index is 10.4. The standard InChI is InChI=1S/C9H10ClNO2.2C9H10INO2/c3*10-7-3-1-6(2-4-7)5-8(11)9(12)13/h3*1-4,8H,5,11H2,(H,12,13)/t3*8-/m000/s1. The zero-order valence-electron chi connectivity index (χ0n) is 20.7. The first-order valence-electron chi connectivity index (χ1n) is 11.5. The van der Waals surface area contributed by atoms with Crippen molar-refractivity contribution in [1.82, 2.24) is 0 Å². The summed E-state index contributed by atoms with van der Waals surface area (Å²) in [6.07, 6.45) is 1.09. The molecule has 0 aromatic heterocycles. The first-order chi connectivity index (χ1) is 18.3. The van der Waals surface area contributed by atoms with E-state index in [-0.39, 0.29) is 0 Å². The number of carboxylic acid groups (broad SMARTS) is 3. The molecule has 9 nitrogen and oxygen atoms in total. The number of aliphatic carboxylic acids is 3. The lowest BCUT2D eigenvalue weighted by atomic mass is 10.1. The van der Waals surface area contributed by atoms with Gasteiger partial charge in [0.2, 0.25) is 0 Å². The molecule has 210 valence electrons. The molecule has 3 aromatic rings. The third-order valence-electron chi connectivity index (χ3n) is 5.06. The summed E-state index contributed by atoms with van der Waals surface area (Å²) in [6, 6.07) is 19.8. The molecular weight excluding hydrogens is 752 g/mol. The molecule has 0 heterocycles. The Morgan fingerprint density at radius 1 is 0.564 bits per heavy atom. The third-order valence-corrected chi connectivity index (χ3v) is 6.75. The number of halogens is 3. The Hall–Kier alpha value is -2.30. The van der Waals surface area contributed by atoms with Crippen molar-refractivity contribution in [3.8, 4) is 0 Å². The summed E-state index contributed by atoms with van der Waals surface area (Å²) in [5, 5.41) is 26.3. The highest BCUT2D eigenvalue weighted by Gasteiger charge is 2.13. The second-order valence-electron chi connectivity index (χ2n) is 8.33.